The molecule has 0 radical (unpaired) electrons. The Morgan fingerprint density at radius 2 is 2.11 bits per heavy atom. The second-order valence-electron chi connectivity index (χ2n) is 4.08. The van der Waals surface area contributed by atoms with Gasteiger partial charge >= 0.3 is 0 Å². The predicted molar refractivity (Wildman–Crippen MR) is 77.5 cm³/mol. The van der Waals surface area contributed by atoms with Crippen molar-refractivity contribution in [1.82, 2.24) is 4.98 Å². The lowest BCUT2D eigenvalue weighted by atomic mass is 10.3. The van der Waals surface area contributed by atoms with Crippen molar-refractivity contribution in [2.75, 3.05) is 5.32 Å². The number of rotatable bonds is 3. The Morgan fingerprint density at radius 3 is 2.79 bits per heavy atom. The first kappa shape index (κ1) is 13.5. The van der Waals surface area contributed by atoms with Crippen LogP contribution in [-0.4, -0.2) is 10.9 Å². The van der Waals surface area contributed by atoms with Crippen LogP contribution in [0.5, 0.6) is 11.6 Å². The zero-order valence-corrected chi connectivity index (χ0v) is 12.2. The molecule has 4 nitrogen and oxygen atoms in total. The molecular formula is C14H13BrN2O2. The molecule has 1 aromatic carbocycles. The molecular weight excluding hydrogens is 308 g/mol. The number of pyridine rings is 1. The number of nitrogens with zero attached hydrogens (tertiary/aromatic N) is 1. The molecule has 0 bridgehead atoms. The smallest absolute Gasteiger partial charge is 0.233 e. The van der Waals surface area contributed by atoms with Gasteiger partial charge in [0.2, 0.25) is 11.8 Å². The van der Waals surface area contributed by atoms with Crippen LogP contribution in [0.4, 0.5) is 5.69 Å². The van der Waals surface area contributed by atoms with Crippen molar-refractivity contribution in [1.29, 1.82) is 0 Å². The zero-order chi connectivity index (χ0) is 13.8. The first-order valence-electron chi connectivity index (χ1n) is 5.73. The molecule has 1 N–H and O–H groups in total. The van der Waals surface area contributed by atoms with Crippen LogP contribution in [0.3, 0.4) is 0 Å². The van der Waals surface area contributed by atoms with E-state index in [0.29, 0.717) is 17.3 Å². The standard InChI is InChI=1S/C14H13BrN2O2/c1-9-7-11(15)14(16-8-9)19-13-6-4-3-5-12(13)17-10(2)18/h3-8H,1-2H3,(H,17,18). The van der Waals surface area contributed by atoms with Gasteiger partial charge in [-0.15, -0.1) is 0 Å². The molecule has 0 saturated heterocycles. The molecule has 5 heteroatoms. The topological polar surface area (TPSA) is 51.2 Å². The molecule has 19 heavy (non-hydrogen) atoms. The summed E-state index contributed by atoms with van der Waals surface area (Å²) in [5.74, 6) is 0.866. The van der Waals surface area contributed by atoms with Gasteiger partial charge in [-0.25, -0.2) is 4.98 Å². The van der Waals surface area contributed by atoms with E-state index in [4.69, 9.17) is 4.74 Å². The van der Waals surface area contributed by atoms with Crippen LogP contribution >= 0.6 is 15.9 Å². The maximum absolute atomic E-state index is 11.1. The molecule has 0 unspecified atom stereocenters. The summed E-state index contributed by atoms with van der Waals surface area (Å²) in [5.41, 5.74) is 1.65. The summed E-state index contributed by atoms with van der Waals surface area (Å²) in [6.45, 7) is 3.41. The molecule has 0 saturated carbocycles. The van der Waals surface area contributed by atoms with Crippen molar-refractivity contribution in [3.05, 3.63) is 46.6 Å². The van der Waals surface area contributed by atoms with Gasteiger partial charge in [-0.1, -0.05) is 12.1 Å². The Kier molecular flexibility index (Phi) is 4.16. The molecule has 1 amide bonds. The summed E-state index contributed by atoms with van der Waals surface area (Å²) in [4.78, 5) is 15.3. The van der Waals surface area contributed by atoms with Crippen molar-refractivity contribution in [2.24, 2.45) is 0 Å². The highest BCUT2D eigenvalue weighted by Gasteiger charge is 2.09. The van der Waals surface area contributed by atoms with Crippen molar-refractivity contribution in [3.8, 4) is 11.6 Å². The van der Waals surface area contributed by atoms with Crippen molar-refractivity contribution in [3.63, 3.8) is 0 Å². The number of anilines is 1. The number of ether oxygens (including phenoxy) is 1. The molecule has 1 aromatic heterocycles. The number of halogens is 1. The van der Waals surface area contributed by atoms with Gasteiger partial charge in [0.05, 0.1) is 10.2 Å². The van der Waals surface area contributed by atoms with Crippen molar-refractivity contribution >= 4 is 27.5 Å². The number of amides is 1. The maximum Gasteiger partial charge on any atom is 0.233 e. The monoisotopic (exact) mass is 320 g/mol. The molecule has 0 fully saturated rings. The lowest BCUT2D eigenvalue weighted by molar-refractivity contribution is -0.114. The second-order valence-corrected chi connectivity index (χ2v) is 4.93. The van der Waals surface area contributed by atoms with Crippen LogP contribution in [0.15, 0.2) is 41.0 Å². The van der Waals surface area contributed by atoms with E-state index in [2.05, 4.69) is 26.2 Å². The number of hydrogen-bond acceptors (Lipinski definition) is 3. The van der Waals surface area contributed by atoms with Gasteiger partial charge in [0.15, 0.2) is 5.75 Å². The van der Waals surface area contributed by atoms with Gasteiger partial charge in [-0.2, -0.15) is 0 Å². The van der Waals surface area contributed by atoms with Gasteiger partial charge in [-0.3, -0.25) is 4.79 Å². The van der Waals surface area contributed by atoms with E-state index in [-0.39, 0.29) is 5.91 Å². The third-order valence-corrected chi connectivity index (χ3v) is 2.92. The lowest BCUT2D eigenvalue weighted by Crippen LogP contribution is -2.07. The fourth-order valence-electron chi connectivity index (χ4n) is 1.55. The second kappa shape index (κ2) is 5.84. The van der Waals surface area contributed by atoms with E-state index < -0.39 is 0 Å². The normalized spacial score (nSPS) is 10.1. The Hall–Kier alpha value is -1.88. The summed E-state index contributed by atoms with van der Waals surface area (Å²) < 4.78 is 6.49. The van der Waals surface area contributed by atoms with E-state index in [1.165, 1.54) is 6.92 Å². The number of benzene rings is 1. The molecule has 1 heterocycles. The number of carbonyl (C=O) groups is 1. The number of nitrogens with one attached hydrogen (secondary N) is 1. The van der Waals surface area contributed by atoms with Crippen LogP contribution in [0.2, 0.25) is 0 Å². The summed E-state index contributed by atoms with van der Waals surface area (Å²) >= 11 is 3.41. The van der Waals surface area contributed by atoms with Crippen LogP contribution in [0, 0.1) is 6.92 Å². The minimum absolute atomic E-state index is 0.146. The van der Waals surface area contributed by atoms with E-state index in [1.54, 1.807) is 18.3 Å². The van der Waals surface area contributed by atoms with E-state index in [0.717, 1.165) is 10.0 Å². The minimum Gasteiger partial charge on any atom is -0.436 e. The van der Waals surface area contributed by atoms with Gasteiger partial charge in [0.1, 0.15) is 0 Å². The van der Waals surface area contributed by atoms with E-state index in [1.807, 2.05) is 25.1 Å². The number of carbonyl (C=O) groups excluding carboxylic acids is 1. The number of aryl methyl sites for hydroxylation is 1. The zero-order valence-electron chi connectivity index (χ0n) is 10.6. The SMILES string of the molecule is CC(=O)Nc1ccccc1Oc1ncc(C)cc1Br. The molecule has 0 aliphatic rings. The lowest BCUT2D eigenvalue weighted by Gasteiger charge is -2.11. The highest BCUT2D eigenvalue weighted by atomic mass is 79.9. The average molecular weight is 321 g/mol. The molecule has 98 valence electrons. The molecule has 0 aliphatic carbocycles. The van der Waals surface area contributed by atoms with Gasteiger partial charge in [0, 0.05) is 13.1 Å². The Morgan fingerprint density at radius 1 is 1.37 bits per heavy atom. The Balaban J connectivity index is 2.30. The number of hydrogen-bond donors (Lipinski definition) is 1. The minimum atomic E-state index is -0.146. The van der Waals surface area contributed by atoms with Gasteiger partial charge < -0.3 is 10.1 Å². The summed E-state index contributed by atoms with van der Waals surface area (Å²) in [6.07, 6.45) is 1.72. The van der Waals surface area contributed by atoms with Crippen molar-refractivity contribution < 1.29 is 9.53 Å². The largest absolute Gasteiger partial charge is 0.436 e. The van der Waals surface area contributed by atoms with E-state index >= 15 is 0 Å². The molecule has 0 spiro atoms. The van der Waals surface area contributed by atoms with Crippen molar-refractivity contribution in [2.45, 2.75) is 13.8 Å². The first-order valence-corrected chi connectivity index (χ1v) is 6.52. The quantitative estimate of drug-likeness (QED) is 0.933. The fourth-order valence-corrected chi connectivity index (χ4v) is 2.09. The van der Waals surface area contributed by atoms with Crippen LogP contribution in [0.1, 0.15) is 12.5 Å². The van der Waals surface area contributed by atoms with E-state index in [9.17, 15) is 4.79 Å². The third-order valence-electron chi connectivity index (χ3n) is 2.35. The van der Waals surface area contributed by atoms with Crippen LogP contribution in [0.25, 0.3) is 0 Å². The maximum atomic E-state index is 11.1. The summed E-state index contributed by atoms with van der Waals surface area (Å²) in [7, 11) is 0. The molecule has 2 aromatic rings. The molecule has 2 rings (SSSR count). The Bertz CT molecular complexity index is 614. The Labute approximate surface area is 119 Å². The highest BCUT2D eigenvalue weighted by molar-refractivity contribution is 9.10. The van der Waals surface area contributed by atoms with Gasteiger partial charge in [0.25, 0.3) is 0 Å². The number of para-hydroxylation sites is 2. The average Bonchev–Trinajstić information content (AvgIpc) is 2.34. The van der Waals surface area contributed by atoms with Crippen LogP contribution in [-0.2, 0) is 4.79 Å². The van der Waals surface area contributed by atoms with Gasteiger partial charge in [-0.05, 0) is 46.6 Å². The third kappa shape index (κ3) is 3.54. The predicted octanol–water partition coefficient (Wildman–Crippen LogP) is 3.90. The molecule has 0 atom stereocenters. The summed E-state index contributed by atoms with van der Waals surface area (Å²) in [6, 6.07) is 9.14. The highest BCUT2D eigenvalue weighted by Crippen LogP contribution is 2.32. The summed E-state index contributed by atoms with van der Waals surface area (Å²) in [5, 5.41) is 2.72. The number of aromatic nitrogens is 1. The first-order chi connectivity index (χ1) is 9.06. The van der Waals surface area contributed by atoms with Crippen LogP contribution < -0.4 is 10.1 Å². The fraction of sp³-hybridized carbons (Fsp3) is 0.143. The molecule has 0 aliphatic heterocycles.